The molecule has 0 bridgehead atoms. The van der Waals surface area contributed by atoms with E-state index in [1.165, 1.54) is 0 Å². The smallest absolute Gasteiger partial charge is 0.327 e. The van der Waals surface area contributed by atoms with Crippen molar-refractivity contribution in [3.63, 3.8) is 0 Å². The second-order valence-corrected chi connectivity index (χ2v) is 4.76. The summed E-state index contributed by atoms with van der Waals surface area (Å²) in [6.45, 7) is 4.54. The molecule has 0 amide bonds. The Labute approximate surface area is 105 Å². The molecule has 2 rings (SSSR count). The van der Waals surface area contributed by atoms with Crippen molar-refractivity contribution in [1.29, 1.82) is 0 Å². The van der Waals surface area contributed by atoms with Gasteiger partial charge < -0.3 is 4.74 Å². The van der Waals surface area contributed by atoms with Gasteiger partial charge >= 0.3 is 5.97 Å². The van der Waals surface area contributed by atoms with Crippen molar-refractivity contribution in [3.8, 4) is 0 Å². The number of ether oxygens (including phenoxy) is 1. The van der Waals surface area contributed by atoms with Gasteiger partial charge in [-0.2, -0.15) is 0 Å². The first-order valence-electron chi connectivity index (χ1n) is 5.65. The second kappa shape index (κ2) is 6.04. The van der Waals surface area contributed by atoms with Crippen LogP contribution in [0.25, 0.3) is 0 Å². The highest BCUT2D eigenvalue weighted by Crippen LogP contribution is 2.39. The second-order valence-electron chi connectivity index (χ2n) is 3.41. The number of cyclic esters (lactones) is 1. The first kappa shape index (κ1) is 13.2. The van der Waals surface area contributed by atoms with Crippen molar-refractivity contribution in [2.24, 2.45) is 0 Å². The van der Waals surface area contributed by atoms with Gasteiger partial charge in [0.25, 0.3) is 0 Å². The number of benzene rings is 1. The van der Waals surface area contributed by atoms with E-state index in [4.69, 9.17) is 4.74 Å². The average molecular weight is 285 g/mol. The van der Waals surface area contributed by atoms with E-state index in [1.807, 2.05) is 44.2 Å². The summed E-state index contributed by atoms with van der Waals surface area (Å²) >= 11 is 3.49. The lowest BCUT2D eigenvalue weighted by Gasteiger charge is -2.29. The van der Waals surface area contributed by atoms with Crippen molar-refractivity contribution in [2.45, 2.75) is 31.0 Å². The van der Waals surface area contributed by atoms with Crippen LogP contribution in [0, 0.1) is 0 Å². The first-order valence-corrected chi connectivity index (χ1v) is 6.44. The fourth-order valence-electron chi connectivity index (χ4n) is 1.66. The van der Waals surface area contributed by atoms with Crippen molar-refractivity contribution < 1.29 is 9.53 Å². The molecular formula is C13H17BrO2. The Hall–Kier alpha value is -0.830. The third kappa shape index (κ3) is 2.64. The highest BCUT2D eigenvalue weighted by molar-refractivity contribution is 9.10. The number of carbonyl (C=O) groups excluding carboxylic acids is 1. The Bertz CT molecular complexity index is 337. The Morgan fingerprint density at radius 3 is 2.44 bits per heavy atom. The molecule has 2 nitrogen and oxygen atoms in total. The number of esters is 1. The maximum Gasteiger partial charge on any atom is 0.327 e. The molecule has 1 unspecified atom stereocenters. The molecule has 1 aliphatic heterocycles. The van der Waals surface area contributed by atoms with Gasteiger partial charge in [0.15, 0.2) is 0 Å². The summed E-state index contributed by atoms with van der Waals surface area (Å²) in [4.78, 5) is 11.6. The molecule has 1 aromatic carbocycles. The van der Waals surface area contributed by atoms with Gasteiger partial charge in [0.05, 0.1) is 6.61 Å². The topological polar surface area (TPSA) is 26.3 Å². The molecule has 1 heterocycles. The van der Waals surface area contributed by atoms with Gasteiger partial charge in [-0.25, -0.2) is 0 Å². The van der Waals surface area contributed by atoms with E-state index in [0.717, 1.165) is 18.4 Å². The van der Waals surface area contributed by atoms with Crippen LogP contribution in [0.15, 0.2) is 30.3 Å². The minimum Gasteiger partial charge on any atom is -0.464 e. The van der Waals surface area contributed by atoms with Crippen LogP contribution in [-0.2, 0) is 13.9 Å². The Kier molecular flexibility index (Phi) is 5.00. The largest absolute Gasteiger partial charge is 0.464 e. The molecule has 0 aliphatic carbocycles. The summed E-state index contributed by atoms with van der Waals surface area (Å²) in [5.41, 5.74) is 0.977. The number of carbonyl (C=O) groups is 1. The van der Waals surface area contributed by atoms with Gasteiger partial charge in [-0.3, -0.25) is 4.79 Å². The van der Waals surface area contributed by atoms with Gasteiger partial charge in [-0.1, -0.05) is 60.1 Å². The molecule has 1 fully saturated rings. The highest BCUT2D eigenvalue weighted by Gasteiger charge is 2.41. The summed E-state index contributed by atoms with van der Waals surface area (Å²) in [6.07, 6.45) is 1.71. The molecule has 1 aromatic rings. The molecule has 88 valence electrons. The van der Waals surface area contributed by atoms with Crippen molar-refractivity contribution in [2.75, 3.05) is 6.61 Å². The van der Waals surface area contributed by atoms with Crippen LogP contribution in [0.2, 0.25) is 0 Å². The molecule has 0 spiro atoms. The van der Waals surface area contributed by atoms with Crippen LogP contribution < -0.4 is 0 Å². The zero-order valence-corrected chi connectivity index (χ0v) is 11.3. The lowest BCUT2D eigenvalue weighted by atomic mass is 9.93. The van der Waals surface area contributed by atoms with Crippen LogP contribution in [0.3, 0.4) is 0 Å². The first-order chi connectivity index (χ1) is 7.73. The predicted molar refractivity (Wildman–Crippen MR) is 68.6 cm³/mol. The van der Waals surface area contributed by atoms with Crippen LogP contribution in [0.4, 0.5) is 0 Å². The number of hydrogen-bond donors (Lipinski definition) is 0. The van der Waals surface area contributed by atoms with E-state index in [1.54, 1.807) is 0 Å². The fraction of sp³-hybridized carbons (Fsp3) is 0.462. The summed E-state index contributed by atoms with van der Waals surface area (Å²) in [7, 11) is 0. The van der Waals surface area contributed by atoms with Crippen LogP contribution >= 0.6 is 15.9 Å². The number of halogens is 1. The monoisotopic (exact) mass is 284 g/mol. The van der Waals surface area contributed by atoms with Gasteiger partial charge in [-0.15, -0.1) is 0 Å². The third-order valence-electron chi connectivity index (χ3n) is 2.45. The SMILES string of the molecule is CC.O=C1OCCCC1(Br)c1ccccc1. The number of hydrogen-bond acceptors (Lipinski definition) is 2. The molecule has 1 saturated heterocycles. The predicted octanol–water partition coefficient (Wildman–Crippen LogP) is 3.64. The summed E-state index contributed by atoms with van der Waals surface area (Å²) in [6, 6.07) is 9.69. The molecule has 3 heteroatoms. The van der Waals surface area contributed by atoms with Crippen molar-refractivity contribution in [1.82, 2.24) is 0 Å². The van der Waals surface area contributed by atoms with E-state index >= 15 is 0 Å². The van der Waals surface area contributed by atoms with E-state index in [2.05, 4.69) is 15.9 Å². The summed E-state index contributed by atoms with van der Waals surface area (Å²) in [5, 5.41) is 0. The molecule has 0 radical (unpaired) electrons. The number of rotatable bonds is 1. The molecule has 0 N–H and O–H groups in total. The minimum absolute atomic E-state index is 0.171. The molecule has 0 aromatic heterocycles. The van der Waals surface area contributed by atoms with E-state index < -0.39 is 4.32 Å². The normalized spacial score (nSPS) is 24.1. The molecule has 16 heavy (non-hydrogen) atoms. The van der Waals surface area contributed by atoms with Gasteiger partial charge in [0.2, 0.25) is 0 Å². The lowest BCUT2D eigenvalue weighted by molar-refractivity contribution is -0.150. The van der Waals surface area contributed by atoms with Gasteiger partial charge in [-0.05, 0) is 18.4 Å². The lowest BCUT2D eigenvalue weighted by Crippen LogP contribution is -2.35. The van der Waals surface area contributed by atoms with Crippen LogP contribution in [0.5, 0.6) is 0 Å². The Morgan fingerprint density at radius 2 is 1.88 bits per heavy atom. The van der Waals surface area contributed by atoms with Crippen LogP contribution in [-0.4, -0.2) is 12.6 Å². The third-order valence-corrected chi connectivity index (χ3v) is 3.63. The fourth-order valence-corrected chi connectivity index (χ4v) is 2.32. The average Bonchev–Trinajstić information content (AvgIpc) is 2.37. The quantitative estimate of drug-likeness (QED) is 0.581. The van der Waals surface area contributed by atoms with Gasteiger partial charge in [0.1, 0.15) is 4.32 Å². The summed E-state index contributed by atoms with van der Waals surface area (Å²) < 4.78 is 4.44. The van der Waals surface area contributed by atoms with Crippen LogP contribution in [0.1, 0.15) is 32.3 Å². The molecular weight excluding hydrogens is 268 g/mol. The minimum atomic E-state index is -0.619. The van der Waals surface area contributed by atoms with Crippen molar-refractivity contribution >= 4 is 21.9 Å². The van der Waals surface area contributed by atoms with E-state index in [9.17, 15) is 4.79 Å². The Morgan fingerprint density at radius 1 is 1.25 bits per heavy atom. The standard InChI is InChI=1S/C11H11BrO2.C2H6/c12-11(7-4-8-14-10(11)13)9-5-2-1-3-6-9;1-2/h1-3,5-6H,4,7-8H2;1-2H3. The van der Waals surface area contributed by atoms with Gasteiger partial charge in [0, 0.05) is 0 Å². The number of alkyl halides is 1. The van der Waals surface area contributed by atoms with Crippen molar-refractivity contribution in [3.05, 3.63) is 35.9 Å². The molecule has 0 saturated carbocycles. The molecule has 1 aliphatic rings. The maximum absolute atomic E-state index is 11.6. The molecule has 1 atom stereocenters. The van der Waals surface area contributed by atoms with E-state index in [-0.39, 0.29) is 5.97 Å². The maximum atomic E-state index is 11.6. The van der Waals surface area contributed by atoms with E-state index in [0.29, 0.717) is 6.61 Å². The highest BCUT2D eigenvalue weighted by atomic mass is 79.9. The zero-order valence-electron chi connectivity index (χ0n) is 9.70. The summed E-state index contributed by atoms with van der Waals surface area (Å²) in [5.74, 6) is -0.171. The Balaban J connectivity index is 0.000000606. The zero-order chi connectivity index (χ0) is 12.0.